The van der Waals surface area contributed by atoms with Crippen LogP contribution in [-0.4, -0.2) is 47.1 Å². The first-order valence-corrected chi connectivity index (χ1v) is 6.03. The fraction of sp³-hybridized carbons (Fsp3) is 0.909. The molecule has 1 amide bonds. The van der Waals surface area contributed by atoms with Gasteiger partial charge in [-0.1, -0.05) is 13.3 Å². The Kier molecular flexibility index (Phi) is 8.07. The molecular weight excluding hydrogens is 222 g/mol. The van der Waals surface area contributed by atoms with Crippen LogP contribution >= 0.6 is 0 Å². The second-order valence-electron chi connectivity index (χ2n) is 4.49. The molecule has 0 aromatic rings. The molecule has 0 aromatic carbocycles. The van der Waals surface area contributed by atoms with Crippen LogP contribution in [0.2, 0.25) is 0 Å². The zero-order valence-electron chi connectivity index (χ0n) is 10.8. The molecule has 0 saturated carbocycles. The molecule has 17 heavy (non-hydrogen) atoms. The highest BCUT2D eigenvalue weighted by atomic mass is 16.3. The van der Waals surface area contributed by atoms with E-state index in [2.05, 4.69) is 10.6 Å². The molecule has 0 radical (unpaired) electrons. The molecule has 0 aliphatic rings. The van der Waals surface area contributed by atoms with Gasteiger partial charge in [0.1, 0.15) is 12.3 Å². The van der Waals surface area contributed by atoms with E-state index >= 15 is 0 Å². The van der Waals surface area contributed by atoms with Crippen molar-refractivity contribution in [2.24, 2.45) is 5.73 Å². The predicted octanol–water partition coefficient (Wildman–Crippen LogP) is -1.09. The molecule has 0 rings (SSSR count). The average Bonchev–Trinajstić information content (AvgIpc) is 2.24. The summed E-state index contributed by atoms with van der Waals surface area (Å²) in [6, 6.07) is -0.440. The monoisotopic (exact) mass is 247 g/mol. The topological polar surface area (TPSA) is 108 Å². The smallest absolute Gasteiger partial charge is 0.234 e. The zero-order valence-corrected chi connectivity index (χ0v) is 10.8. The Bertz CT molecular complexity index is 224. The minimum absolute atomic E-state index is 0.0464. The maximum absolute atomic E-state index is 11.3. The van der Waals surface area contributed by atoms with Crippen LogP contribution in [0.1, 0.15) is 33.6 Å². The molecule has 6 nitrogen and oxygen atoms in total. The van der Waals surface area contributed by atoms with Crippen LogP contribution in [0.4, 0.5) is 0 Å². The molecule has 0 saturated heterocycles. The van der Waals surface area contributed by atoms with Crippen LogP contribution < -0.4 is 16.4 Å². The first kappa shape index (κ1) is 16.3. The number of carbonyl (C=O) groups is 1. The Labute approximate surface area is 103 Å². The second kappa shape index (κ2) is 8.41. The van der Waals surface area contributed by atoms with E-state index in [1.807, 2.05) is 20.8 Å². The normalized spacial score (nSPS) is 16.6. The molecule has 6 heteroatoms. The Morgan fingerprint density at radius 2 is 1.94 bits per heavy atom. The largest absolute Gasteiger partial charge is 0.387 e. The summed E-state index contributed by atoms with van der Waals surface area (Å²) in [5.74, 6) is -0.227. The van der Waals surface area contributed by atoms with Gasteiger partial charge in [0.25, 0.3) is 0 Å². The molecule has 0 spiro atoms. The number of amides is 1. The third kappa shape index (κ3) is 7.27. The number of hydrogen-bond donors (Lipinski definition) is 5. The third-order valence-corrected chi connectivity index (χ3v) is 2.31. The van der Waals surface area contributed by atoms with Gasteiger partial charge in [0.05, 0.1) is 6.54 Å². The van der Waals surface area contributed by atoms with Gasteiger partial charge >= 0.3 is 0 Å². The highest BCUT2D eigenvalue weighted by molar-refractivity contribution is 5.78. The van der Waals surface area contributed by atoms with Gasteiger partial charge in [-0.25, -0.2) is 0 Å². The van der Waals surface area contributed by atoms with Crippen LogP contribution in [0.15, 0.2) is 0 Å². The summed E-state index contributed by atoms with van der Waals surface area (Å²) in [4.78, 5) is 11.3. The van der Waals surface area contributed by atoms with Gasteiger partial charge in [-0.15, -0.1) is 0 Å². The summed E-state index contributed by atoms with van der Waals surface area (Å²) in [6.07, 6.45) is -0.798. The number of hydrogen-bond acceptors (Lipinski definition) is 5. The van der Waals surface area contributed by atoms with E-state index < -0.39 is 18.4 Å². The Morgan fingerprint density at radius 3 is 2.41 bits per heavy atom. The molecule has 0 aliphatic heterocycles. The van der Waals surface area contributed by atoms with Crippen LogP contribution in [0, 0.1) is 0 Å². The molecule has 0 bridgehead atoms. The molecule has 6 N–H and O–H groups in total. The van der Waals surface area contributed by atoms with Crippen molar-refractivity contribution in [1.29, 1.82) is 0 Å². The van der Waals surface area contributed by atoms with Crippen molar-refractivity contribution in [3.63, 3.8) is 0 Å². The number of nitrogens with two attached hydrogens (primary N) is 1. The number of aliphatic hydroxyl groups excluding tert-OH is 2. The van der Waals surface area contributed by atoms with Gasteiger partial charge in [-0.3, -0.25) is 10.1 Å². The Balaban J connectivity index is 3.92. The molecule has 3 atom stereocenters. The number of rotatable bonds is 8. The van der Waals surface area contributed by atoms with E-state index in [9.17, 15) is 15.0 Å². The highest BCUT2D eigenvalue weighted by Gasteiger charge is 2.22. The number of nitrogens with one attached hydrogen (secondary N) is 2. The van der Waals surface area contributed by atoms with Gasteiger partial charge in [-0.2, -0.15) is 0 Å². The summed E-state index contributed by atoms with van der Waals surface area (Å²) in [5, 5.41) is 24.4. The van der Waals surface area contributed by atoms with Crippen molar-refractivity contribution in [2.75, 3.05) is 6.54 Å². The van der Waals surface area contributed by atoms with Gasteiger partial charge in [-0.05, 0) is 20.3 Å². The van der Waals surface area contributed by atoms with Gasteiger partial charge in [0.15, 0.2) is 0 Å². The Morgan fingerprint density at radius 1 is 1.35 bits per heavy atom. The van der Waals surface area contributed by atoms with E-state index in [1.165, 1.54) is 0 Å². The lowest BCUT2D eigenvalue weighted by Crippen LogP contribution is -2.52. The van der Waals surface area contributed by atoms with Crippen molar-refractivity contribution in [2.45, 2.75) is 58.0 Å². The molecule has 102 valence electrons. The van der Waals surface area contributed by atoms with Crippen molar-refractivity contribution in [3.8, 4) is 0 Å². The summed E-state index contributed by atoms with van der Waals surface area (Å²) < 4.78 is 0. The predicted molar refractivity (Wildman–Crippen MR) is 66.2 cm³/mol. The highest BCUT2D eigenvalue weighted by Crippen LogP contribution is 2.02. The number of carbonyl (C=O) groups excluding carboxylic acids is 1. The first-order valence-electron chi connectivity index (χ1n) is 6.03. The van der Waals surface area contributed by atoms with E-state index in [4.69, 9.17) is 5.73 Å². The maximum Gasteiger partial charge on any atom is 0.234 e. The molecule has 0 heterocycles. The standard InChI is InChI=1S/C11H25N3O3/c1-4-5-8(12)10(16)11(17)13-6-9(15)14-7(2)3/h7-8,10-11,13,16-17H,4-6,12H2,1-3H3,(H,14,15)/t8?,10?,11-/m0/s1. The quantitative estimate of drug-likeness (QED) is 0.350. The van der Waals surface area contributed by atoms with Gasteiger partial charge < -0.3 is 21.3 Å². The average molecular weight is 247 g/mol. The lowest BCUT2D eigenvalue weighted by molar-refractivity contribution is -0.122. The third-order valence-electron chi connectivity index (χ3n) is 2.31. The van der Waals surface area contributed by atoms with E-state index in [-0.39, 0.29) is 18.5 Å². The van der Waals surface area contributed by atoms with Gasteiger partial charge in [0.2, 0.25) is 5.91 Å². The summed E-state index contributed by atoms with van der Waals surface area (Å²) >= 11 is 0. The lowest BCUT2D eigenvalue weighted by atomic mass is 10.1. The van der Waals surface area contributed by atoms with Crippen molar-refractivity contribution in [3.05, 3.63) is 0 Å². The minimum Gasteiger partial charge on any atom is -0.387 e. The Hall–Kier alpha value is -0.690. The second-order valence-corrected chi connectivity index (χ2v) is 4.49. The van der Waals surface area contributed by atoms with Crippen LogP contribution in [0.5, 0.6) is 0 Å². The molecule has 0 fully saturated rings. The minimum atomic E-state index is -1.19. The van der Waals surface area contributed by atoms with E-state index in [1.54, 1.807) is 0 Å². The first-order chi connectivity index (χ1) is 7.88. The van der Waals surface area contributed by atoms with Crippen LogP contribution in [0.25, 0.3) is 0 Å². The summed E-state index contributed by atoms with van der Waals surface area (Å²) in [6.45, 7) is 5.60. The van der Waals surface area contributed by atoms with Crippen LogP contribution in [0.3, 0.4) is 0 Å². The van der Waals surface area contributed by atoms with Crippen molar-refractivity contribution >= 4 is 5.91 Å². The fourth-order valence-corrected chi connectivity index (χ4v) is 1.43. The van der Waals surface area contributed by atoms with E-state index in [0.29, 0.717) is 6.42 Å². The molecule has 0 aliphatic carbocycles. The van der Waals surface area contributed by atoms with E-state index in [0.717, 1.165) is 6.42 Å². The SMILES string of the molecule is CCCC(N)C(O)[C@H](O)NCC(=O)NC(C)C. The molecule has 0 aromatic heterocycles. The molecular formula is C11H25N3O3. The number of aliphatic hydroxyl groups is 2. The zero-order chi connectivity index (χ0) is 13.4. The van der Waals surface area contributed by atoms with Crippen molar-refractivity contribution < 1.29 is 15.0 Å². The fourth-order valence-electron chi connectivity index (χ4n) is 1.43. The lowest BCUT2D eigenvalue weighted by Gasteiger charge is -2.24. The maximum atomic E-state index is 11.3. The van der Waals surface area contributed by atoms with Crippen molar-refractivity contribution in [1.82, 2.24) is 10.6 Å². The summed E-state index contributed by atoms with van der Waals surface area (Å²) in [5.41, 5.74) is 5.67. The van der Waals surface area contributed by atoms with Gasteiger partial charge in [0, 0.05) is 12.1 Å². The van der Waals surface area contributed by atoms with Crippen LogP contribution in [-0.2, 0) is 4.79 Å². The summed E-state index contributed by atoms with van der Waals surface area (Å²) in [7, 11) is 0. The molecule has 2 unspecified atom stereocenters.